The highest BCUT2D eigenvalue weighted by Gasteiger charge is 2.27. The summed E-state index contributed by atoms with van der Waals surface area (Å²) in [7, 11) is 0. The van der Waals surface area contributed by atoms with Gasteiger partial charge < -0.3 is 10.5 Å². The summed E-state index contributed by atoms with van der Waals surface area (Å²) in [6.45, 7) is 4.90. The second-order valence-electron chi connectivity index (χ2n) is 5.31. The minimum absolute atomic E-state index is 0.116. The number of anilines is 1. The number of aromatic nitrogens is 4. The zero-order valence-electron chi connectivity index (χ0n) is 11.8. The van der Waals surface area contributed by atoms with Crippen LogP contribution in [0.25, 0.3) is 11.4 Å². The Balaban J connectivity index is 1.94. The van der Waals surface area contributed by atoms with Gasteiger partial charge in [-0.05, 0) is 48.7 Å². The molecule has 0 radical (unpaired) electrons. The Kier molecular flexibility index (Phi) is 3.40. The minimum atomic E-state index is 0.116. The summed E-state index contributed by atoms with van der Waals surface area (Å²) in [5, 5.41) is 12.1. The Bertz CT molecular complexity index is 603. The first-order chi connectivity index (χ1) is 9.66. The molecule has 20 heavy (non-hydrogen) atoms. The predicted molar refractivity (Wildman–Crippen MR) is 76.1 cm³/mol. The Morgan fingerprint density at radius 2 is 2.30 bits per heavy atom. The van der Waals surface area contributed by atoms with E-state index in [1.54, 1.807) is 0 Å². The molecule has 1 aliphatic heterocycles. The molecule has 0 aliphatic carbocycles. The molecule has 1 aromatic carbocycles. The van der Waals surface area contributed by atoms with Crippen LogP contribution in [0, 0.1) is 6.92 Å². The van der Waals surface area contributed by atoms with Gasteiger partial charge in [-0.3, -0.25) is 0 Å². The zero-order chi connectivity index (χ0) is 14.1. The monoisotopic (exact) mass is 273 g/mol. The third-order valence-electron chi connectivity index (χ3n) is 3.92. The van der Waals surface area contributed by atoms with Gasteiger partial charge in [0.15, 0.2) is 5.82 Å². The number of aryl methyl sites for hydroxylation is 1. The molecule has 0 spiro atoms. The number of hydrogen-bond acceptors (Lipinski definition) is 5. The predicted octanol–water partition coefficient (Wildman–Crippen LogP) is 1.97. The number of nitrogens with two attached hydrogens (primary N) is 1. The Hall–Kier alpha value is -1.95. The molecule has 6 nitrogen and oxygen atoms in total. The van der Waals surface area contributed by atoms with Gasteiger partial charge in [-0.2, -0.15) is 0 Å². The number of tetrazole rings is 1. The summed E-state index contributed by atoms with van der Waals surface area (Å²) in [6.07, 6.45) is 2.33. The number of nitrogen functional groups attached to an aromatic ring is 1. The lowest BCUT2D eigenvalue weighted by Gasteiger charge is -2.19. The number of nitrogens with zero attached hydrogens (tertiary/aromatic N) is 4. The second kappa shape index (κ2) is 5.20. The summed E-state index contributed by atoms with van der Waals surface area (Å²) in [5.74, 6) is 0.736. The van der Waals surface area contributed by atoms with Gasteiger partial charge in [0.2, 0.25) is 0 Å². The summed E-state index contributed by atoms with van der Waals surface area (Å²) in [4.78, 5) is 0. The fraction of sp³-hybridized carbons (Fsp3) is 0.500. The smallest absolute Gasteiger partial charge is 0.182 e. The van der Waals surface area contributed by atoms with E-state index in [-0.39, 0.29) is 12.1 Å². The van der Waals surface area contributed by atoms with Crippen LogP contribution in [0.15, 0.2) is 18.2 Å². The van der Waals surface area contributed by atoms with Crippen molar-refractivity contribution in [2.45, 2.75) is 38.8 Å². The third kappa shape index (κ3) is 2.27. The first-order valence-corrected chi connectivity index (χ1v) is 6.93. The van der Waals surface area contributed by atoms with E-state index in [0.29, 0.717) is 0 Å². The van der Waals surface area contributed by atoms with Crippen LogP contribution in [0.5, 0.6) is 0 Å². The SMILES string of the molecule is Cc1ccc(-c2nnnn2C(C)C2CCCO2)cc1N. The number of hydrogen-bond donors (Lipinski definition) is 1. The van der Waals surface area contributed by atoms with Crippen molar-refractivity contribution in [1.82, 2.24) is 20.2 Å². The molecule has 1 saturated heterocycles. The Labute approximate surface area is 117 Å². The summed E-state index contributed by atoms with van der Waals surface area (Å²) in [6, 6.07) is 6.01. The molecule has 106 valence electrons. The third-order valence-corrected chi connectivity index (χ3v) is 3.92. The topological polar surface area (TPSA) is 78.8 Å². The summed E-state index contributed by atoms with van der Waals surface area (Å²) < 4.78 is 7.56. The molecule has 1 fully saturated rings. The van der Waals surface area contributed by atoms with Crippen molar-refractivity contribution in [2.24, 2.45) is 0 Å². The van der Waals surface area contributed by atoms with Gasteiger partial charge in [-0.15, -0.1) is 5.10 Å². The van der Waals surface area contributed by atoms with Crippen LogP contribution in [-0.2, 0) is 4.74 Å². The molecule has 2 unspecified atom stereocenters. The number of ether oxygens (including phenoxy) is 1. The van der Waals surface area contributed by atoms with E-state index < -0.39 is 0 Å². The van der Waals surface area contributed by atoms with Gasteiger partial charge in [-0.25, -0.2) is 4.68 Å². The maximum absolute atomic E-state index is 5.97. The molecule has 3 rings (SSSR count). The second-order valence-corrected chi connectivity index (χ2v) is 5.31. The van der Waals surface area contributed by atoms with E-state index in [4.69, 9.17) is 10.5 Å². The molecule has 2 aromatic rings. The van der Waals surface area contributed by atoms with E-state index in [0.717, 1.165) is 42.1 Å². The van der Waals surface area contributed by atoms with E-state index in [1.165, 1.54) is 0 Å². The van der Waals surface area contributed by atoms with Gasteiger partial charge in [0.25, 0.3) is 0 Å². The molecule has 0 amide bonds. The lowest BCUT2D eigenvalue weighted by Crippen LogP contribution is -2.22. The largest absolute Gasteiger partial charge is 0.398 e. The van der Waals surface area contributed by atoms with Gasteiger partial charge in [0, 0.05) is 17.9 Å². The highest BCUT2D eigenvalue weighted by atomic mass is 16.5. The highest BCUT2D eigenvalue weighted by Crippen LogP contribution is 2.28. The molecule has 1 aliphatic rings. The minimum Gasteiger partial charge on any atom is -0.398 e. The van der Waals surface area contributed by atoms with Crippen molar-refractivity contribution >= 4 is 5.69 Å². The lowest BCUT2D eigenvalue weighted by molar-refractivity contribution is 0.0690. The summed E-state index contributed by atoms with van der Waals surface area (Å²) in [5.41, 5.74) is 8.71. The zero-order valence-corrected chi connectivity index (χ0v) is 11.8. The van der Waals surface area contributed by atoms with Crippen molar-refractivity contribution in [2.75, 3.05) is 12.3 Å². The van der Waals surface area contributed by atoms with Crippen LogP contribution >= 0.6 is 0 Å². The fourth-order valence-electron chi connectivity index (χ4n) is 2.58. The van der Waals surface area contributed by atoms with Crippen molar-refractivity contribution in [1.29, 1.82) is 0 Å². The molecule has 2 N–H and O–H groups in total. The maximum Gasteiger partial charge on any atom is 0.182 e. The first kappa shape index (κ1) is 13.1. The lowest BCUT2D eigenvalue weighted by atomic mass is 10.1. The van der Waals surface area contributed by atoms with Crippen molar-refractivity contribution in [3.8, 4) is 11.4 Å². The quantitative estimate of drug-likeness (QED) is 0.865. The van der Waals surface area contributed by atoms with Gasteiger partial charge >= 0.3 is 0 Å². The molecule has 2 atom stereocenters. The van der Waals surface area contributed by atoms with Crippen LogP contribution in [-0.4, -0.2) is 32.9 Å². The maximum atomic E-state index is 5.97. The van der Waals surface area contributed by atoms with Crippen LogP contribution in [0.3, 0.4) is 0 Å². The Morgan fingerprint density at radius 3 is 3.00 bits per heavy atom. The van der Waals surface area contributed by atoms with Crippen molar-refractivity contribution in [3.05, 3.63) is 23.8 Å². The number of rotatable bonds is 3. The van der Waals surface area contributed by atoms with E-state index >= 15 is 0 Å². The van der Waals surface area contributed by atoms with Gasteiger partial charge in [-0.1, -0.05) is 12.1 Å². The fourth-order valence-corrected chi connectivity index (χ4v) is 2.58. The standard InChI is InChI=1S/C14H19N5O/c1-9-5-6-11(8-12(9)15)14-16-17-18-19(14)10(2)13-4-3-7-20-13/h5-6,8,10,13H,3-4,7,15H2,1-2H3. The van der Waals surface area contributed by atoms with Crippen molar-refractivity contribution in [3.63, 3.8) is 0 Å². The molecular weight excluding hydrogens is 254 g/mol. The first-order valence-electron chi connectivity index (χ1n) is 6.93. The average molecular weight is 273 g/mol. The average Bonchev–Trinajstić information content (AvgIpc) is 3.11. The highest BCUT2D eigenvalue weighted by molar-refractivity contribution is 5.63. The van der Waals surface area contributed by atoms with E-state index in [9.17, 15) is 0 Å². The van der Waals surface area contributed by atoms with Crippen LogP contribution < -0.4 is 5.73 Å². The van der Waals surface area contributed by atoms with Gasteiger partial charge in [0.05, 0.1) is 12.1 Å². The van der Waals surface area contributed by atoms with Crippen LogP contribution in [0.2, 0.25) is 0 Å². The Morgan fingerprint density at radius 1 is 1.45 bits per heavy atom. The summed E-state index contributed by atoms with van der Waals surface area (Å²) >= 11 is 0. The molecular formula is C14H19N5O. The van der Waals surface area contributed by atoms with E-state index in [1.807, 2.05) is 29.8 Å². The molecule has 0 bridgehead atoms. The molecule has 6 heteroatoms. The molecule has 1 aromatic heterocycles. The normalized spacial score (nSPS) is 20.2. The van der Waals surface area contributed by atoms with E-state index in [2.05, 4.69) is 22.4 Å². The van der Waals surface area contributed by atoms with Gasteiger partial charge in [0.1, 0.15) is 0 Å². The molecule has 0 saturated carbocycles. The van der Waals surface area contributed by atoms with Crippen molar-refractivity contribution < 1.29 is 4.74 Å². The van der Waals surface area contributed by atoms with Crippen LogP contribution in [0.4, 0.5) is 5.69 Å². The van der Waals surface area contributed by atoms with Crippen LogP contribution in [0.1, 0.15) is 31.4 Å². The molecule has 2 heterocycles. The number of benzene rings is 1.